The van der Waals surface area contributed by atoms with E-state index in [2.05, 4.69) is 11.9 Å². The standard InChI is InChI=1S/C25H25N3O2/c1-4-7-11-18(10-5-2)28-23-21(19-12-8-9-13-20(19)24(30)26-23)22(29)25(28)14-16-27(6-3)17-15-25/h4-5,7-17H,6H2,1-3H3,(H,26,30)/b7-4+,10-5+,18-11-. The molecule has 152 valence electrons. The highest BCUT2D eigenvalue weighted by Gasteiger charge is 2.51. The number of ketones is 1. The van der Waals surface area contributed by atoms with Crippen LogP contribution in [0.25, 0.3) is 10.8 Å². The molecule has 0 bridgehead atoms. The van der Waals surface area contributed by atoms with Crippen LogP contribution in [0.4, 0.5) is 5.82 Å². The van der Waals surface area contributed by atoms with E-state index in [4.69, 9.17) is 0 Å². The SMILES string of the molecule is C/C=C/C=C(/C=C/C)N1c2[nH]c(=O)c3ccccc3c2C(=O)C12C=CN(CC)C=C2. The highest BCUT2D eigenvalue weighted by molar-refractivity contribution is 6.23. The molecule has 0 atom stereocenters. The van der Waals surface area contributed by atoms with E-state index in [0.29, 0.717) is 22.2 Å². The summed E-state index contributed by atoms with van der Waals surface area (Å²) in [6, 6.07) is 7.27. The van der Waals surface area contributed by atoms with E-state index in [1.807, 2.05) is 96.8 Å². The molecule has 5 heteroatoms. The third-order valence-electron chi connectivity index (χ3n) is 5.55. The molecule has 0 saturated heterocycles. The number of hydrogen-bond acceptors (Lipinski definition) is 4. The molecular weight excluding hydrogens is 374 g/mol. The maximum Gasteiger partial charge on any atom is 0.257 e. The number of rotatable bonds is 4. The zero-order valence-corrected chi connectivity index (χ0v) is 17.4. The van der Waals surface area contributed by atoms with Gasteiger partial charge >= 0.3 is 0 Å². The Labute approximate surface area is 176 Å². The van der Waals surface area contributed by atoms with Crippen LogP contribution >= 0.6 is 0 Å². The first-order valence-corrected chi connectivity index (χ1v) is 10.2. The van der Waals surface area contributed by atoms with Gasteiger partial charge in [-0.25, -0.2) is 0 Å². The van der Waals surface area contributed by atoms with Gasteiger partial charge in [-0.15, -0.1) is 0 Å². The summed E-state index contributed by atoms with van der Waals surface area (Å²) in [5, 5.41) is 1.19. The summed E-state index contributed by atoms with van der Waals surface area (Å²) in [6.07, 6.45) is 17.4. The van der Waals surface area contributed by atoms with Crippen LogP contribution in [-0.4, -0.2) is 27.8 Å². The molecule has 1 spiro atoms. The number of nitrogens with zero attached hydrogens (tertiary/aromatic N) is 2. The fraction of sp³-hybridized carbons (Fsp3) is 0.200. The van der Waals surface area contributed by atoms with E-state index in [1.165, 1.54) is 0 Å². The minimum absolute atomic E-state index is 0.0518. The van der Waals surface area contributed by atoms with Gasteiger partial charge in [0.15, 0.2) is 0 Å². The van der Waals surface area contributed by atoms with Crippen molar-refractivity contribution in [2.75, 3.05) is 11.4 Å². The number of aromatic amines is 1. The number of H-pyrrole nitrogens is 1. The molecule has 0 aliphatic carbocycles. The summed E-state index contributed by atoms with van der Waals surface area (Å²) < 4.78 is 0. The molecule has 4 rings (SSSR count). The molecule has 1 aromatic carbocycles. The molecule has 0 fully saturated rings. The minimum Gasteiger partial charge on any atom is -0.355 e. The Morgan fingerprint density at radius 2 is 1.77 bits per heavy atom. The van der Waals surface area contributed by atoms with Crippen molar-refractivity contribution in [1.29, 1.82) is 0 Å². The van der Waals surface area contributed by atoms with Gasteiger partial charge in [0.05, 0.1) is 5.56 Å². The highest BCUT2D eigenvalue weighted by Crippen LogP contribution is 2.45. The molecule has 5 nitrogen and oxygen atoms in total. The summed E-state index contributed by atoms with van der Waals surface area (Å²) in [7, 11) is 0. The first-order valence-electron chi connectivity index (χ1n) is 10.2. The second kappa shape index (κ2) is 7.67. The number of Topliss-reactive ketones (excluding diaryl/α,β-unsaturated/α-hetero) is 1. The fourth-order valence-corrected chi connectivity index (χ4v) is 4.10. The van der Waals surface area contributed by atoms with Crippen LogP contribution in [0, 0.1) is 0 Å². The monoisotopic (exact) mass is 399 g/mol. The minimum atomic E-state index is -1.03. The number of hydrogen-bond donors (Lipinski definition) is 1. The van der Waals surface area contributed by atoms with Gasteiger partial charge in [-0.2, -0.15) is 0 Å². The number of pyridine rings is 1. The van der Waals surface area contributed by atoms with Crippen molar-refractivity contribution in [3.8, 4) is 0 Å². The quantitative estimate of drug-likeness (QED) is 0.759. The van der Waals surface area contributed by atoms with E-state index >= 15 is 0 Å². The summed E-state index contributed by atoms with van der Waals surface area (Å²) in [5.41, 5.74) is 0.116. The summed E-state index contributed by atoms with van der Waals surface area (Å²) in [5.74, 6) is 0.473. The number of carbonyl (C=O) groups excluding carboxylic acids is 1. The van der Waals surface area contributed by atoms with E-state index in [-0.39, 0.29) is 11.3 Å². The lowest BCUT2D eigenvalue weighted by Crippen LogP contribution is -2.48. The molecule has 0 amide bonds. The predicted octanol–water partition coefficient (Wildman–Crippen LogP) is 4.67. The van der Waals surface area contributed by atoms with Crippen molar-refractivity contribution in [2.24, 2.45) is 0 Å². The Bertz CT molecular complexity index is 1200. The molecule has 1 aromatic heterocycles. The number of aromatic nitrogens is 1. The molecule has 2 aromatic rings. The lowest BCUT2D eigenvalue weighted by molar-refractivity contribution is 0.0957. The third kappa shape index (κ3) is 2.86. The van der Waals surface area contributed by atoms with Gasteiger partial charge in [0, 0.05) is 35.4 Å². The first-order chi connectivity index (χ1) is 14.6. The summed E-state index contributed by atoms with van der Waals surface area (Å²) in [4.78, 5) is 33.7. The van der Waals surface area contributed by atoms with E-state index in [1.54, 1.807) is 6.07 Å². The van der Waals surface area contributed by atoms with Crippen molar-refractivity contribution in [3.05, 3.63) is 101 Å². The molecule has 30 heavy (non-hydrogen) atoms. The Hall–Kier alpha value is -3.60. The van der Waals surface area contributed by atoms with Crippen molar-refractivity contribution in [2.45, 2.75) is 26.3 Å². The fourth-order valence-electron chi connectivity index (χ4n) is 4.10. The first kappa shape index (κ1) is 19.7. The molecule has 0 saturated carbocycles. The Morgan fingerprint density at radius 3 is 2.40 bits per heavy atom. The maximum atomic E-state index is 13.9. The summed E-state index contributed by atoms with van der Waals surface area (Å²) in [6.45, 7) is 6.74. The molecule has 0 unspecified atom stereocenters. The molecule has 1 N–H and O–H groups in total. The third-order valence-corrected chi connectivity index (χ3v) is 5.55. The maximum absolute atomic E-state index is 13.9. The average Bonchev–Trinajstić information content (AvgIpc) is 3.00. The average molecular weight is 399 g/mol. The summed E-state index contributed by atoms with van der Waals surface area (Å²) >= 11 is 0. The number of allylic oxidation sites excluding steroid dienone is 5. The van der Waals surface area contributed by atoms with Crippen molar-refractivity contribution in [1.82, 2.24) is 9.88 Å². The zero-order valence-electron chi connectivity index (χ0n) is 17.4. The van der Waals surface area contributed by atoms with Gasteiger partial charge in [0.2, 0.25) is 5.78 Å². The normalized spacial score (nSPS) is 18.0. The van der Waals surface area contributed by atoms with Crippen LogP contribution in [-0.2, 0) is 0 Å². The zero-order chi connectivity index (χ0) is 21.3. The van der Waals surface area contributed by atoms with Crippen LogP contribution in [0.5, 0.6) is 0 Å². The molecule has 2 aliphatic heterocycles. The molecule has 2 aliphatic rings. The van der Waals surface area contributed by atoms with Gasteiger partial charge in [-0.3, -0.25) is 9.59 Å². The number of benzene rings is 1. The van der Waals surface area contributed by atoms with Crippen LogP contribution < -0.4 is 10.5 Å². The van der Waals surface area contributed by atoms with Gasteiger partial charge in [0.25, 0.3) is 5.56 Å². The van der Waals surface area contributed by atoms with Crippen LogP contribution in [0.1, 0.15) is 31.1 Å². The number of carbonyl (C=O) groups is 1. The molecular formula is C25H25N3O2. The van der Waals surface area contributed by atoms with Crippen LogP contribution in [0.3, 0.4) is 0 Å². The Balaban J connectivity index is 2.06. The second-order valence-corrected chi connectivity index (χ2v) is 7.29. The van der Waals surface area contributed by atoms with E-state index in [9.17, 15) is 9.59 Å². The van der Waals surface area contributed by atoms with Crippen molar-refractivity contribution in [3.63, 3.8) is 0 Å². The second-order valence-electron chi connectivity index (χ2n) is 7.29. The van der Waals surface area contributed by atoms with E-state index < -0.39 is 5.54 Å². The van der Waals surface area contributed by atoms with Gasteiger partial charge in [0.1, 0.15) is 11.4 Å². The van der Waals surface area contributed by atoms with Crippen molar-refractivity contribution >= 4 is 22.4 Å². The largest absolute Gasteiger partial charge is 0.355 e. The van der Waals surface area contributed by atoms with Gasteiger partial charge in [-0.1, -0.05) is 36.4 Å². The van der Waals surface area contributed by atoms with Crippen molar-refractivity contribution < 1.29 is 4.79 Å². The van der Waals surface area contributed by atoms with E-state index in [0.717, 1.165) is 12.2 Å². The molecule has 0 radical (unpaired) electrons. The number of anilines is 1. The van der Waals surface area contributed by atoms with Crippen LogP contribution in [0.2, 0.25) is 0 Å². The Kier molecular flexibility index (Phi) is 5.04. The number of nitrogens with one attached hydrogen (secondary N) is 1. The smallest absolute Gasteiger partial charge is 0.257 e. The van der Waals surface area contributed by atoms with Crippen LogP contribution in [0.15, 0.2) is 89.7 Å². The molecule has 3 heterocycles. The lowest BCUT2D eigenvalue weighted by atomic mass is 9.89. The predicted molar refractivity (Wildman–Crippen MR) is 122 cm³/mol. The van der Waals surface area contributed by atoms with Gasteiger partial charge in [-0.05, 0) is 51.1 Å². The Morgan fingerprint density at radius 1 is 1.07 bits per heavy atom. The van der Waals surface area contributed by atoms with Gasteiger partial charge < -0.3 is 14.8 Å². The topological polar surface area (TPSA) is 56.4 Å². The highest BCUT2D eigenvalue weighted by atomic mass is 16.1. The lowest BCUT2D eigenvalue weighted by Gasteiger charge is -2.37. The number of fused-ring (bicyclic) bond motifs is 3.